The summed E-state index contributed by atoms with van der Waals surface area (Å²) in [5, 5.41) is 5.26. The number of rotatable bonds is 2. The maximum atomic E-state index is 6.34. The van der Waals surface area contributed by atoms with E-state index >= 15 is 0 Å². The highest BCUT2D eigenvalue weighted by atomic mass is 127. The topological polar surface area (TPSA) is 43.8 Å². The summed E-state index contributed by atoms with van der Waals surface area (Å²) in [7, 11) is 1.84. The summed E-state index contributed by atoms with van der Waals surface area (Å²) >= 11 is 8.65. The van der Waals surface area contributed by atoms with Gasteiger partial charge in [-0.2, -0.15) is 5.10 Å². The zero-order chi connectivity index (χ0) is 15.0. The van der Waals surface area contributed by atoms with E-state index in [2.05, 4.69) is 33.8 Å². The number of nitrogens with zero attached hydrogens (tertiary/aromatic N) is 2. The van der Waals surface area contributed by atoms with Crippen molar-refractivity contribution in [3.05, 3.63) is 57.1 Å². The van der Waals surface area contributed by atoms with E-state index in [0.717, 1.165) is 26.0 Å². The Hall–Kier alpha value is -1.53. The van der Waals surface area contributed by atoms with E-state index in [1.807, 2.05) is 49.5 Å². The Morgan fingerprint density at radius 2 is 1.67 bits per heavy atom. The highest BCUT2D eigenvalue weighted by molar-refractivity contribution is 14.1. The Kier molecular flexibility index (Phi) is 3.91. The Bertz CT molecular complexity index is 811. The molecule has 3 rings (SSSR count). The van der Waals surface area contributed by atoms with Gasteiger partial charge in [0.1, 0.15) is 11.5 Å². The summed E-state index contributed by atoms with van der Waals surface area (Å²) in [4.78, 5) is 0. The van der Waals surface area contributed by atoms with E-state index in [1.54, 1.807) is 4.68 Å². The molecule has 0 saturated heterocycles. The molecule has 0 amide bonds. The molecule has 0 aliphatic carbocycles. The summed E-state index contributed by atoms with van der Waals surface area (Å²) < 4.78 is 2.82. The minimum Gasteiger partial charge on any atom is -0.383 e. The molecule has 0 unspecified atom stereocenters. The number of hydrogen-bond acceptors (Lipinski definition) is 2. The Labute approximate surface area is 141 Å². The van der Waals surface area contributed by atoms with Gasteiger partial charge in [-0.15, -0.1) is 0 Å². The molecule has 106 valence electrons. The second-order valence-electron chi connectivity index (χ2n) is 4.69. The molecule has 0 bridgehead atoms. The van der Waals surface area contributed by atoms with E-state index in [1.165, 1.54) is 0 Å². The van der Waals surface area contributed by atoms with E-state index in [-0.39, 0.29) is 0 Å². The average molecular weight is 410 g/mol. The van der Waals surface area contributed by atoms with Crippen molar-refractivity contribution in [2.24, 2.45) is 7.05 Å². The summed E-state index contributed by atoms with van der Waals surface area (Å²) in [6, 6.07) is 15.8. The first-order valence-electron chi connectivity index (χ1n) is 6.42. The quantitative estimate of drug-likeness (QED) is 0.629. The van der Waals surface area contributed by atoms with Crippen LogP contribution < -0.4 is 5.73 Å². The van der Waals surface area contributed by atoms with E-state index in [9.17, 15) is 0 Å². The van der Waals surface area contributed by atoms with Gasteiger partial charge in [0.25, 0.3) is 0 Å². The molecule has 0 atom stereocenters. The largest absolute Gasteiger partial charge is 0.383 e. The predicted octanol–water partition coefficient (Wildman–Crippen LogP) is 4.59. The predicted molar refractivity (Wildman–Crippen MR) is 96.2 cm³/mol. The van der Waals surface area contributed by atoms with Gasteiger partial charge in [0, 0.05) is 26.8 Å². The second kappa shape index (κ2) is 5.69. The molecule has 5 heteroatoms. The number of aryl methyl sites for hydroxylation is 1. The molecule has 0 radical (unpaired) electrons. The zero-order valence-electron chi connectivity index (χ0n) is 11.3. The molecule has 0 fully saturated rings. The molecule has 3 aromatic rings. The average Bonchev–Trinajstić information content (AvgIpc) is 2.76. The molecular formula is C16H13ClIN3. The third-order valence-electron chi connectivity index (χ3n) is 3.36. The fourth-order valence-corrected chi connectivity index (χ4v) is 3.18. The van der Waals surface area contributed by atoms with Crippen molar-refractivity contribution in [3.8, 4) is 22.4 Å². The van der Waals surface area contributed by atoms with Crippen LogP contribution in [-0.4, -0.2) is 9.78 Å². The molecule has 1 heterocycles. The molecule has 1 aromatic heterocycles. The molecule has 2 aromatic carbocycles. The van der Waals surface area contributed by atoms with Crippen LogP contribution in [0.15, 0.2) is 48.5 Å². The molecule has 0 saturated carbocycles. The van der Waals surface area contributed by atoms with Crippen LogP contribution in [0, 0.1) is 3.57 Å². The number of nitrogens with two attached hydrogens (primary N) is 1. The molecular weight excluding hydrogens is 397 g/mol. The Morgan fingerprint density at radius 1 is 1.05 bits per heavy atom. The third-order valence-corrected chi connectivity index (χ3v) is 4.63. The molecule has 0 spiro atoms. The van der Waals surface area contributed by atoms with Gasteiger partial charge in [-0.1, -0.05) is 48.0 Å². The molecule has 3 nitrogen and oxygen atoms in total. The van der Waals surface area contributed by atoms with Gasteiger partial charge < -0.3 is 5.73 Å². The second-order valence-corrected chi connectivity index (χ2v) is 6.26. The molecule has 0 aliphatic rings. The van der Waals surface area contributed by atoms with Crippen molar-refractivity contribution in [1.82, 2.24) is 9.78 Å². The SMILES string of the molecule is Cn1nc(-c2ccccc2I)c(-c2ccccc2Cl)c1N. The van der Waals surface area contributed by atoms with Gasteiger partial charge in [0.2, 0.25) is 0 Å². The first-order valence-corrected chi connectivity index (χ1v) is 7.87. The zero-order valence-corrected chi connectivity index (χ0v) is 14.3. The smallest absolute Gasteiger partial charge is 0.129 e. The van der Waals surface area contributed by atoms with Crippen molar-refractivity contribution in [2.75, 3.05) is 5.73 Å². The van der Waals surface area contributed by atoms with Crippen molar-refractivity contribution < 1.29 is 0 Å². The van der Waals surface area contributed by atoms with E-state index < -0.39 is 0 Å². The van der Waals surface area contributed by atoms with Gasteiger partial charge in [-0.05, 0) is 34.7 Å². The number of halogens is 2. The summed E-state index contributed by atoms with van der Waals surface area (Å²) in [6.45, 7) is 0. The molecule has 21 heavy (non-hydrogen) atoms. The Morgan fingerprint density at radius 3 is 2.33 bits per heavy atom. The van der Waals surface area contributed by atoms with Crippen LogP contribution >= 0.6 is 34.2 Å². The molecule has 0 aliphatic heterocycles. The first kappa shape index (κ1) is 14.4. The maximum absolute atomic E-state index is 6.34. The molecule has 2 N–H and O–H groups in total. The number of hydrogen-bond donors (Lipinski definition) is 1. The standard InChI is InChI=1S/C16H13ClIN3/c1-21-16(19)14(10-6-2-4-8-12(10)17)15(20-21)11-7-3-5-9-13(11)18/h2-9H,19H2,1H3. The monoisotopic (exact) mass is 409 g/mol. The van der Waals surface area contributed by atoms with Crippen LogP contribution in [0.5, 0.6) is 0 Å². The lowest BCUT2D eigenvalue weighted by molar-refractivity contribution is 0.782. The number of benzene rings is 2. The first-order chi connectivity index (χ1) is 10.1. The minimum atomic E-state index is 0.609. The van der Waals surface area contributed by atoms with Crippen LogP contribution in [0.25, 0.3) is 22.4 Å². The van der Waals surface area contributed by atoms with Gasteiger partial charge in [0.05, 0.1) is 5.56 Å². The Balaban J connectivity index is 2.32. The van der Waals surface area contributed by atoms with Crippen LogP contribution in [0.2, 0.25) is 5.02 Å². The van der Waals surface area contributed by atoms with Crippen molar-refractivity contribution >= 4 is 40.0 Å². The van der Waals surface area contributed by atoms with Crippen LogP contribution in [0.4, 0.5) is 5.82 Å². The van der Waals surface area contributed by atoms with Gasteiger partial charge in [-0.25, -0.2) is 0 Å². The highest BCUT2D eigenvalue weighted by Crippen LogP contribution is 2.40. The van der Waals surface area contributed by atoms with E-state index in [0.29, 0.717) is 10.8 Å². The number of nitrogen functional groups attached to an aromatic ring is 1. The minimum absolute atomic E-state index is 0.609. The van der Waals surface area contributed by atoms with Crippen LogP contribution in [0.3, 0.4) is 0 Å². The van der Waals surface area contributed by atoms with E-state index in [4.69, 9.17) is 17.3 Å². The van der Waals surface area contributed by atoms with Crippen LogP contribution in [0.1, 0.15) is 0 Å². The lowest BCUT2D eigenvalue weighted by atomic mass is 10.0. The summed E-state index contributed by atoms with van der Waals surface area (Å²) in [6.07, 6.45) is 0. The number of aromatic nitrogens is 2. The lowest BCUT2D eigenvalue weighted by Gasteiger charge is -2.07. The van der Waals surface area contributed by atoms with Crippen molar-refractivity contribution in [3.63, 3.8) is 0 Å². The third kappa shape index (κ3) is 2.53. The van der Waals surface area contributed by atoms with Gasteiger partial charge in [-0.3, -0.25) is 4.68 Å². The fraction of sp³-hybridized carbons (Fsp3) is 0.0625. The lowest BCUT2D eigenvalue weighted by Crippen LogP contribution is -1.98. The van der Waals surface area contributed by atoms with Crippen molar-refractivity contribution in [1.29, 1.82) is 0 Å². The van der Waals surface area contributed by atoms with Crippen molar-refractivity contribution in [2.45, 2.75) is 0 Å². The normalized spacial score (nSPS) is 10.8. The highest BCUT2D eigenvalue weighted by Gasteiger charge is 2.20. The maximum Gasteiger partial charge on any atom is 0.129 e. The summed E-state index contributed by atoms with van der Waals surface area (Å²) in [5.74, 6) is 0.609. The number of anilines is 1. The van der Waals surface area contributed by atoms with Crippen LogP contribution in [-0.2, 0) is 7.05 Å². The van der Waals surface area contributed by atoms with Gasteiger partial charge in [0.15, 0.2) is 0 Å². The van der Waals surface area contributed by atoms with Gasteiger partial charge >= 0.3 is 0 Å². The fourth-order valence-electron chi connectivity index (χ4n) is 2.31. The summed E-state index contributed by atoms with van der Waals surface area (Å²) in [5.41, 5.74) is 9.93.